The first-order valence-electron chi connectivity index (χ1n) is 21.8. The standard InChI is InChI=1S/C46H80NO9P/c1-6-8-10-11-12-13-14-15-16-17-22-25-28-31-34-38-46(50)56-44(42-55-57(51,52)54-40-39-47(3,4)5)41-53-45(49)37-33-30-27-24-21-19-18-20-23-26-29-32-36-43(48)35-9-7-2/h9,13-14,18-19,23-24,26-27,29,32,35,43-44,48H,6-8,10-12,15-17,20-22,25,28,30-31,33-34,36-42H2,1-5H3/b14-13-,19-18-,26-23-,27-24-,32-29+,35-9-/t43?,44-/m1/s1. The molecule has 1 N–H and O–H groups in total. The number of likely N-dealkylation sites (N-methyl/N-ethyl adjacent to an activating group) is 1. The van der Waals surface area contributed by atoms with Crippen molar-refractivity contribution in [2.75, 3.05) is 47.5 Å². The molecule has 0 saturated carbocycles. The fourth-order valence-corrected chi connectivity index (χ4v) is 6.08. The molecule has 3 atom stereocenters. The molecule has 11 heteroatoms. The Morgan fingerprint density at radius 3 is 1.89 bits per heavy atom. The number of hydrogen-bond acceptors (Lipinski definition) is 9. The van der Waals surface area contributed by atoms with Gasteiger partial charge in [0.05, 0.1) is 33.9 Å². The van der Waals surface area contributed by atoms with Crippen LogP contribution >= 0.6 is 7.82 Å². The highest BCUT2D eigenvalue weighted by atomic mass is 31.2. The molecule has 0 aliphatic heterocycles. The fourth-order valence-electron chi connectivity index (χ4n) is 5.35. The minimum atomic E-state index is -4.65. The third-order valence-electron chi connectivity index (χ3n) is 8.79. The number of allylic oxidation sites excluding steroid dienone is 10. The Kier molecular flexibility index (Phi) is 36.0. The highest BCUT2D eigenvalue weighted by Crippen LogP contribution is 2.38. The largest absolute Gasteiger partial charge is 0.756 e. The van der Waals surface area contributed by atoms with Crippen molar-refractivity contribution in [3.8, 4) is 0 Å². The topological polar surface area (TPSA) is 131 Å². The summed E-state index contributed by atoms with van der Waals surface area (Å²) in [7, 11) is 1.10. The van der Waals surface area contributed by atoms with Crippen molar-refractivity contribution in [1.82, 2.24) is 0 Å². The predicted molar refractivity (Wildman–Crippen MR) is 232 cm³/mol. The zero-order chi connectivity index (χ0) is 42.3. The molecule has 0 aliphatic carbocycles. The van der Waals surface area contributed by atoms with Crippen LogP contribution in [0.5, 0.6) is 0 Å². The van der Waals surface area contributed by atoms with Gasteiger partial charge in [0.2, 0.25) is 0 Å². The van der Waals surface area contributed by atoms with Crippen molar-refractivity contribution in [2.45, 2.75) is 161 Å². The van der Waals surface area contributed by atoms with Crippen LogP contribution in [0, 0.1) is 0 Å². The smallest absolute Gasteiger partial charge is 0.306 e. The number of ether oxygens (including phenoxy) is 2. The molecule has 0 amide bonds. The first kappa shape index (κ1) is 54.4. The van der Waals surface area contributed by atoms with E-state index in [-0.39, 0.29) is 26.1 Å². The molecule has 0 aromatic heterocycles. The number of nitrogens with zero attached hydrogens (tertiary/aromatic N) is 1. The molecule has 0 aliphatic rings. The number of unbranched alkanes of at least 4 members (excludes halogenated alkanes) is 12. The highest BCUT2D eigenvalue weighted by molar-refractivity contribution is 7.45. The Bertz CT molecular complexity index is 1220. The van der Waals surface area contributed by atoms with Crippen LogP contribution in [-0.2, 0) is 32.7 Å². The quantitative estimate of drug-likeness (QED) is 0.0161. The Hall–Kier alpha value is -2.59. The first-order chi connectivity index (χ1) is 27.4. The summed E-state index contributed by atoms with van der Waals surface area (Å²) in [4.78, 5) is 37.5. The number of carbonyl (C=O) groups excluding carboxylic acids is 2. The molecule has 0 fully saturated rings. The van der Waals surface area contributed by atoms with E-state index in [9.17, 15) is 24.2 Å². The van der Waals surface area contributed by atoms with Gasteiger partial charge in [0.15, 0.2) is 6.10 Å². The second-order valence-corrected chi connectivity index (χ2v) is 16.9. The number of hydrogen-bond donors (Lipinski definition) is 1. The summed E-state index contributed by atoms with van der Waals surface area (Å²) in [5, 5.41) is 9.77. The fraction of sp³-hybridized carbons (Fsp3) is 0.696. The zero-order valence-electron chi connectivity index (χ0n) is 36.4. The van der Waals surface area contributed by atoms with E-state index in [1.807, 2.05) is 70.6 Å². The van der Waals surface area contributed by atoms with E-state index in [1.165, 1.54) is 51.4 Å². The lowest BCUT2D eigenvalue weighted by atomic mass is 10.1. The summed E-state index contributed by atoms with van der Waals surface area (Å²) in [6, 6.07) is 0. The number of aliphatic hydroxyl groups excluding tert-OH is 1. The lowest BCUT2D eigenvalue weighted by Gasteiger charge is -2.28. The SMILES string of the molecule is CC/C=C\C(O)C/C=C/C=C\C/C=C\C/C=C\CCCC(=O)OC[C@H](COP(=O)([O-])OCC[N+](C)(C)C)OC(=O)CCCCCCCCC/C=C\CCCCCC. The maximum Gasteiger partial charge on any atom is 0.306 e. The Labute approximate surface area is 347 Å². The molecule has 0 aromatic rings. The van der Waals surface area contributed by atoms with Crippen LogP contribution in [0.15, 0.2) is 72.9 Å². The van der Waals surface area contributed by atoms with Crippen LogP contribution in [-0.4, -0.2) is 81.2 Å². The number of aliphatic hydroxyl groups is 1. The van der Waals surface area contributed by atoms with Gasteiger partial charge in [0.25, 0.3) is 7.82 Å². The Balaban J connectivity index is 4.51. The van der Waals surface area contributed by atoms with Gasteiger partial charge in [-0.05, 0) is 70.6 Å². The van der Waals surface area contributed by atoms with Gasteiger partial charge >= 0.3 is 11.9 Å². The molecule has 0 bridgehead atoms. The van der Waals surface area contributed by atoms with Crippen LogP contribution in [0.2, 0.25) is 0 Å². The summed E-state index contributed by atoms with van der Waals surface area (Å²) >= 11 is 0. The average molecular weight is 822 g/mol. The summed E-state index contributed by atoms with van der Waals surface area (Å²) < 4.78 is 33.8. The summed E-state index contributed by atoms with van der Waals surface area (Å²) in [6.45, 7) is 3.87. The number of quaternary nitrogens is 1. The second kappa shape index (κ2) is 37.7. The van der Waals surface area contributed by atoms with E-state index in [1.54, 1.807) is 0 Å². The molecule has 0 rings (SSSR count). The van der Waals surface area contributed by atoms with Gasteiger partial charge in [-0.25, -0.2) is 0 Å². The lowest BCUT2D eigenvalue weighted by Crippen LogP contribution is -2.37. The number of phosphoric ester groups is 1. The Morgan fingerprint density at radius 2 is 1.23 bits per heavy atom. The third kappa shape index (κ3) is 41.4. The van der Waals surface area contributed by atoms with Gasteiger partial charge in [0.1, 0.15) is 19.8 Å². The van der Waals surface area contributed by atoms with Crippen molar-refractivity contribution >= 4 is 19.8 Å². The van der Waals surface area contributed by atoms with Crippen LogP contribution < -0.4 is 4.89 Å². The van der Waals surface area contributed by atoms with E-state index in [4.69, 9.17) is 18.5 Å². The number of carbonyl (C=O) groups is 2. The van der Waals surface area contributed by atoms with Crippen molar-refractivity contribution in [2.24, 2.45) is 0 Å². The van der Waals surface area contributed by atoms with Gasteiger partial charge in [-0.1, -0.05) is 138 Å². The second-order valence-electron chi connectivity index (χ2n) is 15.5. The Morgan fingerprint density at radius 1 is 0.667 bits per heavy atom. The molecule has 0 heterocycles. The van der Waals surface area contributed by atoms with Gasteiger partial charge in [-0.2, -0.15) is 0 Å². The summed E-state index contributed by atoms with van der Waals surface area (Å²) in [5.74, 6) is -0.938. The molecule has 0 spiro atoms. The molecular weight excluding hydrogens is 741 g/mol. The minimum absolute atomic E-state index is 0.0509. The van der Waals surface area contributed by atoms with Gasteiger partial charge in [-0.3, -0.25) is 14.2 Å². The molecule has 0 aromatic carbocycles. The molecule has 0 radical (unpaired) electrons. The molecule has 0 saturated heterocycles. The molecular formula is C46H80NO9P. The van der Waals surface area contributed by atoms with Gasteiger partial charge < -0.3 is 33.0 Å². The van der Waals surface area contributed by atoms with E-state index in [2.05, 4.69) is 37.3 Å². The van der Waals surface area contributed by atoms with E-state index < -0.39 is 38.6 Å². The van der Waals surface area contributed by atoms with Crippen molar-refractivity contribution < 1.29 is 47.2 Å². The maximum absolute atomic E-state index is 12.7. The lowest BCUT2D eigenvalue weighted by molar-refractivity contribution is -0.870. The monoisotopic (exact) mass is 822 g/mol. The highest BCUT2D eigenvalue weighted by Gasteiger charge is 2.21. The van der Waals surface area contributed by atoms with E-state index in [0.717, 1.165) is 44.9 Å². The first-order valence-corrected chi connectivity index (χ1v) is 23.2. The van der Waals surface area contributed by atoms with Crippen LogP contribution in [0.1, 0.15) is 149 Å². The summed E-state index contributed by atoms with van der Waals surface area (Å²) in [5.41, 5.74) is 0. The van der Waals surface area contributed by atoms with Gasteiger partial charge in [-0.15, -0.1) is 0 Å². The number of phosphoric acid groups is 1. The van der Waals surface area contributed by atoms with Crippen LogP contribution in [0.25, 0.3) is 0 Å². The minimum Gasteiger partial charge on any atom is -0.756 e. The van der Waals surface area contributed by atoms with Crippen molar-refractivity contribution in [3.05, 3.63) is 72.9 Å². The predicted octanol–water partition coefficient (Wildman–Crippen LogP) is 10.6. The van der Waals surface area contributed by atoms with Crippen molar-refractivity contribution in [3.63, 3.8) is 0 Å². The molecule has 2 unspecified atom stereocenters. The number of esters is 2. The summed E-state index contributed by atoms with van der Waals surface area (Å²) in [6.07, 6.45) is 42.7. The van der Waals surface area contributed by atoms with Crippen molar-refractivity contribution in [1.29, 1.82) is 0 Å². The normalized spacial score (nSPS) is 14.9. The van der Waals surface area contributed by atoms with E-state index in [0.29, 0.717) is 36.7 Å². The van der Waals surface area contributed by atoms with Crippen LogP contribution in [0.3, 0.4) is 0 Å². The molecule has 10 nitrogen and oxygen atoms in total. The van der Waals surface area contributed by atoms with Gasteiger partial charge in [0, 0.05) is 12.8 Å². The molecule has 57 heavy (non-hydrogen) atoms. The zero-order valence-corrected chi connectivity index (χ0v) is 37.3. The average Bonchev–Trinajstić information content (AvgIpc) is 3.16. The number of rotatable bonds is 38. The molecule has 328 valence electrons. The third-order valence-corrected chi connectivity index (χ3v) is 9.75. The van der Waals surface area contributed by atoms with Crippen LogP contribution in [0.4, 0.5) is 0 Å². The maximum atomic E-state index is 12.7. The van der Waals surface area contributed by atoms with E-state index >= 15 is 0 Å².